The predicted octanol–water partition coefficient (Wildman–Crippen LogP) is 14.8. The number of benzene rings is 5. The van der Waals surface area contributed by atoms with E-state index in [0.29, 0.717) is 84.0 Å². The maximum atomic E-state index is 13.5. The Kier molecular flexibility index (Phi) is 41.6. The van der Waals surface area contributed by atoms with Gasteiger partial charge in [-0.05, 0) is 124 Å². The molecule has 0 fully saturated rings. The van der Waals surface area contributed by atoms with Crippen molar-refractivity contribution >= 4 is 0 Å². The number of hydrogen-bond donors (Lipinski definition) is 0. The first-order valence-electron chi connectivity index (χ1n) is 32.0. The Hall–Kier alpha value is -7.92. The molecule has 0 N–H and O–H groups in total. The summed E-state index contributed by atoms with van der Waals surface area (Å²) in [5.41, 5.74) is 8.90. The molecule has 1 aromatic heterocycles. The highest BCUT2D eigenvalue weighted by Gasteiger charge is 2.28. The van der Waals surface area contributed by atoms with Crippen molar-refractivity contribution in [2.45, 2.75) is 115 Å². The fourth-order valence-electron chi connectivity index (χ4n) is 11.2. The number of aryl methyl sites for hydroxylation is 2. The first-order valence-corrected chi connectivity index (χ1v) is 32.0. The minimum absolute atomic E-state index is 0.133. The molecule has 7 nitrogen and oxygen atoms in total. The Morgan fingerprint density at radius 2 is 0.817 bits per heavy atom. The molecule has 6 aromatic rings. The van der Waals surface area contributed by atoms with Crippen molar-refractivity contribution in [1.82, 2.24) is 29.4 Å². The van der Waals surface area contributed by atoms with Crippen LogP contribution in [0.25, 0.3) is 0 Å². The van der Waals surface area contributed by atoms with Gasteiger partial charge < -0.3 is 4.42 Å². The SMILES string of the molecule is C#CCN(C)C(F)Cc1ccccc1.C#CCN(CCF)C(C)Cc1ccccc1.C#CCN(CCF)C(C)Cc1ccco1.C#CCN(CCF)C1CCCc2ccccc21.C#CCN(CCF)C1CCc2ccccc21.C#CCN(CF)C(C)Cc1ccccc1. The van der Waals surface area contributed by atoms with Gasteiger partial charge in [-0.15, -0.1) is 38.5 Å². The van der Waals surface area contributed by atoms with Gasteiger partial charge in [0.1, 0.15) is 39.3 Å². The minimum atomic E-state index is -1.01. The van der Waals surface area contributed by atoms with Gasteiger partial charge in [0.15, 0.2) is 6.30 Å². The summed E-state index contributed by atoms with van der Waals surface area (Å²) in [5, 5.41) is 0. The van der Waals surface area contributed by atoms with E-state index in [4.69, 9.17) is 43.0 Å². The van der Waals surface area contributed by atoms with E-state index in [0.717, 1.165) is 62.7 Å². The Balaban J connectivity index is 0.000000291. The van der Waals surface area contributed by atoms with Gasteiger partial charge in [0.25, 0.3) is 0 Å². The molecule has 6 unspecified atom stereocenters. The lowest BCUT2D eigenvalue weighted by Crippen LogP contribution is -2.36. The normalized spacial score (nSPS) is 14.6. The third-order valence-corrected chi connectivity index (χ3v) is 16.2. The molecule has 0 aliphatic heterocycles. The molecular formula is C80H98F6N6O. The van der Waals surface area contributed by atoms with Crippen molar-refractivity contribution in [1.29, 1.82) is 0 Å². The molecule has 0 bridgehead atoms. The predicted molar refractivity (Wildman–Crippen MR) is 374 cm³/mol. The first-order chi connectivity index (χ1) is 45.3. The van der Waals surface area contributed by atoms with Crippen LogP contribution in [0.4, 0.5) is 26.3 Å². The molecule has 0 spiro atoms. The Labute approximate surface area is 555 Å². The largest absolute Gasteiger partial charge is 0.469 e. The molecule has 13 heteroatoms. The zero-order valence-electron chi connectivity index (χ0n) is 55.3. The van der Waals surface area contributed by atoms with E-state index in [1.807, 2.05) is 121 Å². The molecule has 6 atom stereocenters. The van der Waals surface area contributed by atoms with Crippen molar-refractivity contribution < 1.29 is 30.8 Å². The number of hydrogen-bond acceptors (Lipinski definition) is 7. The summed E-state index contributed by atoms with van der Waals surface area (Å²) in [5.74, 6) is 16.2. The van der Waals surface area contributed by atoms with Gasteiger partial charge >= 0.3 is 0 Å². The molecule has 2 aliphatic rings. The molecular weight excluding hydrogens is 1170 g/mol. The summed E-state index contributed by atoms with van der Waals surface area (Å²) in [7, 11) is 1.69. The van der Waals surface area contributed by atoms with Crippen molar-refractivity contribution in [3.05, 3.63) is 203 Å². The van der Waals surface area contributed by atoms with Gasteiger partial charge in [0, 0.05) is 69.2 Å². The number of furan rings is 1. The van der Waals surface area contributed by atoms with Gasteiger partial charge in [-0.2, -0.15) is 0 Å². The second-order valence-electron chi connectivity index (χ2n) is 22.8. The molecule has 5 aromatic carbocycles. The van der Waals surface area contributed by atoms with Crippen LogP contribution in [-0.2, 0) is 38.5 Å². The van der Waals surface area contributed by atoms with Crippen LogP contribution in [0.2, 0.25) is 0 Å². The Bertz CT molecular complexity index is 3140. The molecule has 0 amide bonds. The van der Waals surface area contributed by atoms with Crippen molar-refractivity contribution in [2.24, 2.45) is 0 Å². The summed E-state index contributed by atoms with van der Waals surface area (Å²) in [4.78, 5) is 11.2. The van der Waals surface area contributed by atoms with Crippen LogP contribution in [0, 0.1) is 74.1 Å². The van der Waals surface area contributed by atoms with E-state index in [-0.39, 0.29) is 44.8 Å². The number of alkyl halides is 6. The summed E-state index contributed by atoms with van der Waals surface area (Å²) in [6, 6.07) is 51.6. The van der Waals surface area contributed by atoms with E-state index in [1.54, 1.807) is 18.2 Å². The third-order valence-electron chi connectivity index (χ3n) is 16.2. The molecule has 93 heavy (non-hydrogen) atoms. The fourth-order valence-corrected chi connectivity index (χ4v) is 11.2. The van der Waals surface area contributed by atoms with Crippen LogP contribution in [-0.4, -0.2) is 160 Å². The average molecular weight is 1270 g/mol. The smallest absolute Gasteiger partial charge is 0.158 e. The lowest BCUT2D eigenvalue weighted by Gasteiger charge is -2.34. The summed E-state index contributed by atoms with van der Waals surface area (Å²) >= 11 is 0. The number of rotatable bonds is 29. The standard InChI is InChI=1S/C15H18FN.C14H16FN.C14H18FN.C13H16FN.C12H16FNO.C12H14FN/c1-2-11-17(12-10-16)15-9-5-7-13-6-3-4-8-14(13)15;1-2-10-16(11-9-15)14-8-7-12-5-3-4-6-13(12)14;1-3-10-16(11-9-15)13(2)12-14-7-5-4-6-8-14;1-3-9-15(11-14)12(2)10-13-7-5-4-6-8-13;1-3-7-14(8-6-13)11(2)10-12-5-4-9-15-12;1-3-9-14(2)12(13)10-11-7-5-4-6-8-11/h1,3-4,6,8,15H,5,7,9-12H2;1,3-6,14H,7-11H2;1,4-8,13H,9-12H2,2H3;1,4-8,12H,9-11H2,2H3;1,4-5,9,11H,6-8,10H2,2H3;1,4-8,12H,9-10H2,2H3. The van der Waals surface area contributed by atoms with Crippen LogP contribution in [0.15, 0.2) is 162 Å². The molecule has 0 saturated heterocycles. The van der Waals surface area contributed by atoms with Crippen LogP contribution >= 0.6 is 0 Å². The quantitative estimate of drug-likeness (QED) is 0.0263. The van der Waals surface area contributed by atoms with E-state index in [9.17, 15) is 26.3 Å². The van der Waals surface area contributed by atoms with Gasteiger partial charge in [0.05, 0.1) is 45.5 Å². The van der Waals surface area contributed by atoms with E-state index < -0.39 is 13.1 Å². The van der Waals surface area contributed by atoms with Crippen LogP contribution in [0.3, 0.4) is 0 Å². The van der Waals surface area contributed by atoms with Gasteiger partial charge in [0.2, 0.25) is 0 Å². The van der Waals surface area contributed by atoms with Gasteiger partial charge in [-0.25, -0.2) is 26.3 Å². The van der Waals surface area contributed by atoms with Crippen molar-refractivity contribution in [3.8, 4) is 74.1 Å². The molecule has 8 rings (SSSR count). The van der Waals surface area contributed by atoms with E-state index in [1.165, 1.54) is 38.3 Å². The monoisotopic (exact) mass is 1270 g/mol. The lowest BCUT2D eigenvalue weighted by atomic mass is 9.87. The highest BCUT2D eigenvalue weighted by atomic mass is 19.1. The molecule has 1 heterocycles. The Morgan fingerprint density at radius 1 is 0.430 bits per heavy atom. The number of nitrogens with zero attached hydrogens (tertiary/aromatic N) is 6. The van der Waals surface area contributed by atoms with Crippen LogP contribution in [0.5, 0.6) is 0 Å². The fraction of sp³-hybridized carbons (Fsp3) is 0.425. The van der Waals surface area contributed by atoms with Crippen LogP contribution < -0.4 is 0 Å². The third kappa shape index (κ3) is 30.6. The van der Waals surface area contributed by atoms with Crippen molar-refractivity contribution in [2.75, 3.05) is 106 Å². The number of terminal acetylenes is 6. The minimum Gasteiger partial charge on any atom is -0.469 e. The second-order valence-corrected chi connectivity index (χ2v) is 22.8. The molecule has 0 saturated carbocycles. The highest BCUT2D eigenvalue weighted by molar-refractivity contribution is 5.35. The second kappa shape index (κ2) is 48.8. The maximum Gasteiger partial charge on any atom is 0.158 e. The van der Waals surface area contributed by atoms with E-state index >= 15 is 0 Å². The zero-order valence-corrected chi connectivity index (χ0v) is 55.3. The first kappa shape index (κ1) is 79.3. The van der Waals surface area contributed by atoms with E-state index in [2.05, 4.69) is 107 Å². The number of fused-ring (bicyclic) bond motifs is 2. The lowest BCUT2D eigenvalue weighted by molar-refractivity contribution is 0.125. The van der Waals surface area contributed by atoms with Crippen molar-refractivity contribution in [3.63, 3.8) is 0 Å². The molecule has 2 aliphatic carbocycles. The maximum absolute atomic E-state index is 13.5. The van der Waals surface area contributed by atoms with Gasteiger partial charge in [-0.3, -0.25) is 29.4 Å². The summed E-state index contributed by atoms with van der Waals surface area (Å²) < 4.78 is 81.1. The average Bonchev–Trinajstić information content (AvgIpc) is 1.85. The number of halogens is 6. The highest BCUT2D eigenvalue weighted by Crippen LogP contribution is 2.36. The number of likely N-dealkylation sites (N-methyl/N-ethyl adjacent to an activating group) is 1. The van der Waals surface area contributed by atoms with Crippen LogP contribution in [0.1, 0.15) is 96.8 Å². The zero-order chi connectivity index (χ0) is 67.9. The van der Waals surface area contributed by atoms with Gasteiger partial charge in [-0.1, -0.05) is 175 Å². The summed E-state index contributed by atoms with van der Waals surface area (Å²) in [6.45, 7) is 8.65. The molecule has 0 radical (unpaired) electrons. The summed E-state index contributed by atoms with van der Waals surface area (Å²) in [6.07, 6.45) is 40.5. The molecule has 496 valence electrons. The topological polar surface area (TPSA) is 32.6 Å². The Morgan fingerprint density at radius 3 is 1.24 bits per heavy atom.